The molecule has 0 saturated heterocycles. The van der Waals surface area contributed by atoms with Crippen molar-refractivity contribution in [2.75, 3.05) is 13.7 Å². The molecule has 7 nitrogen and oxygen atoms in total. The molecule has 0 bridgehead atoms. The maximum Gasteiger partial charge on any atom is 0.260 e. The van der Waals surface area contributed by atoms with Gasteiger partial charge in [-0.1, -0.05) is 55.1 Å². The molecule has 0 spiro atoms. The Morgan fingerprint density at radius 1 is 1.11 bits per heavy atom. The molecule has 35 heavy (non-hydrogen) atoms. The first-order chi connectivity index (χ1) is 16.8. The molecular formula is C27H30ClN3O4. The Morgan fingerprint density at radius 2 is 1.80 bits per heavy atom. The number of halogens is 1. The van der Waals surface area contributed by atoms with E-state index in [0.717, 1.165) is 29.2 Å². The Labute approximate surface area is 210 Å². The summed E-state index contributed by atoms with van der Waals surface area (Å²) < 4.78 is 5.83. The first-order valence-electron chi connectivity index (χ1n) is 11.5. The van der Waals surface area contributed by atoms with Gasteiger partial charge < -0.3 is 25.9 Å². The number of fused-ring (bicyclic) bond motifs is 1. The maximum absolute atomic E-state index is 12.4. The Hall–Kier alpha value is -3.58. The van der Waals surface area contributed by atoms with Crippen LogP contribution >= 0.6 is 11.6 Å². The Bertz CT molecular complexity index is 1210. The highest BCUT2D eigenvalue weighted by Gasteiger charge is 2.22. The average Bonchev–Trinajstić information content (AvgIpc) is 2.89. The molecule has 1 saturated carbocycles. The second-order valence-corrected chi connectivity index (χ2v) is 8.87. The summed E-state index contributed by atoms with van der Waals surface area (Å²) in [6.45, 7) is 0.0565. The van der Waals surface area contributed by atoms with Crippen LogP contribution in [0.3, 0.4) is 0 Å². The third kappa shape index (κ3) is 6.73. The molecule has 1 fully saturated rings. The summed E-state index contributed by atoms with van der Waals surface area (Å²) in [6.07, 6.45) is 7.23. The number of phenols is 1. The normalized spacial score (nSPS) is 13.4. The smallest absolute Gasteiger partial charge is 0.260 e. The number of primary amides is 1. The van der Waals surface area contributed by atoms with Crippen LogP contribution in [0.25, 0.3) is 10.8 Å². The molecule has 0 unspecified atom stereocenters. The third-order valence-electron chi connectivity index (χ3n) is 6.17. The molecule has 1 aliphatic carbocycles. The van der Waals surface area contributed by atoms with Gasteiger partial charge in [-0.2, -0.15) is 0 Å². The number of carbonyl (C=O) groups is 2. The zero-order valence-electron chi connectivity index (χ0n) is 19.7. The van der Waals surface area contributed by atoms with Crippen LogP contribution in [0, 0.1) is 5.41 Å². The average molecular weight is 496 g/mol. The van der Waals surface area contributed by atoms with Crippen LogP contribution < -0.4 is 10.5 Å². The summed E-state index contributed by atoms with van der Waals surface area (Å²) >= 11 is 5.50. The van der Waals surface area contributed by atoms with Crippen molar-refractivity contribution in [1.82, 2.24) is 4.90 Å². The van der Waals surface area contributed by atoms with Gasteiger partial charge in [0, 0.05) is 35.8 Å². The number of rotatable bonds is 6. The van der Waals surface area contributed by atoms with E-state index in [1.165, 1.54) is 43.7 Å². The molecule has 184 valence electrons. The SMILES string of the molecule is CN(C(=O)COc1ccc(C=N)c2ccccc12)C1CCCCC1.NC(=O)c1ccc(O)c(Cl)c1. The van der Waals surface area contributed by atoms with Crippen molar-refractivity contribution in [3.8, 4) is 11.5 Å². The minimum absolute atomic E-state index is 0.0297. The number of nitrogens with zero attached hydrogens (tertiary/aromatic N) is 1. The number of benzene rings is 3. The van der Waals surface area contributed by atoms with E-state index in [9.17, 15) is 9.59 Å². The van der Waals surface area contributed by atoms with Crippen molar-refractivity contribution in [1.29, 1.82) is 5.41 Å². The van der Waals surface area contributed by atoms with Crippen LogP contribution in [0.4, 0.5) is 0 Å². The van der Waals surface area contributed by atoms with Crippen molar-refractivity contribution in [2.24, 2.45) is 5.73 Å². The van der Waals surface area contributed by atoms with Gasteiger partial charge in [0.05, 0.1) is 5.02 Å². The van der Waals surface area contributed by atoms with Gasteiger partial charge in [0.1, 0.15) is 11.5 Å². The molecule has 8 heteroatoms. The highest BCUT2D eigenvalue weighted by Crippen LogP contribution is 2.28. The molecular weight excluding hydrogens is 466 g/mol. The lowest BCUT2D eigenvalue weighted by Crippen LogP contribution is -2.40. The van der Waals surface area contributed by atoms with E-state index in [0.29, 0.717) is 11.8 Å². The summed E-state index contributed by atoms with van der Waals surface area (Å²) in [7, 11) is 1.89. The number of amides is 2. The van der Waals surface area contributed by atoms with E-state index in [2.05, 4.69) is 0 Å². The molecule has 2 amide bonds. The van der Waals surface area contributed by atoms with Crippen LogP contribution in [-0.2, 0) is 4.79 Å². The second kappa shape index (κ2) is 12.2. The second-order valence-electron chi connectivity index (χ2n) is 8.46. The van der Waals surface area contributed by atoms with Crippen molar-refractivity contribution >= 4 is 40.4 Å². The predicted molar refractivity (Wildman–Crippen MR) is 139 cm³/mol. The Kier molecular flexibility index (Phi) is 9.09. The lowest BCUT2D eigenvalue weighted by atomic mass is 9.94. The molecule has 0 heterocycles. The van der Waals surface area contributed by atoms with Crippen molar-refractivity contribution in [3.05, 3.63) is 70.7 Å². The standard InChI is InChI=1S/C20H24N2O2.C7H6ClNO2/c1-22(16-7-3-2-4-8-16)20(23)14-24-19-12-11-15(13-21)17-9-5-6-10-18(17)19;8-5-3-4(7(9)11)1-2-6(5)10/h5-6,9-13,16,21H,2-4,7-8,14H2,1H3;1-3,10H,(H2,9,11). The summed E-state index contributed by atoms with van der Waals surface area (Å²) in [5.41, 5.74) is 6.09. The summed E-state index contributed by atoms with van der Waals surface area (Å²) in [6, 6.07) is 15.9. The van der Waals surface area contributed by atoms with Gasteiger partial charge in [-0.15, -0.1) is 0 Å². The van der Waals surface area contributed by atoms with Crippen LogP contribution in [-0.4, -0.2) is 47.7 Å². The first kappa shape index (κ1) is 26.0. The highest BCUT2D eigenvalue weighted by atomic mass is 35.5. The third-order valence-corrected chi connectivity index (χ3v) is 6.48. The lowest BCUT2D eigenvalue weighted by molar-refractivity contribution is -0.134. The predicted octanol–water partition coefficient (Wildman–Crippen LogP) is 5.15. The van der Waals surface area contributed by atoms with Gasteiger partial charge in [0.2, 0.25) is 5.91 Å². The molecule has 4 N–H and O–H groups in total. The van der Waals surface area contributed by atoms with E-state index < -0.39 is 5.91 Å². The Morgan fingerprint density at radius 3 is 2.43 bits per heavy atom. The lowest BCUT2D eigenvalue weighted by Gasteiger charge is -2.31. The number of likely N-dealkylation sites (N-methyl/N-ethyl adjacent to an activating group) is 1. The molecule has 0 aliphatic heterocycles. The fourth-order valence-corrected chi connectivity index (χ4v) is 4.30. The zero-order chi connectivity index (χ0) is 25.4. The summed E-state index contributed by atoms with van der Waals surface area (Å²) in [4.78, 5) is 24.8. The van der Waals surface area contributed by atoms with Crippen molar-refractivity contribution in [3.63, 3.8) is 0 Å². The van der Waals surface area contributed by atoms with Gasteiger partial charge in [-0.05, 0) is 48.6 Å². The fourth-order valence-electron chi connectivity index (χ4n) is 4.12. The number of nitrogens with two attached hydrogens (primary N) is 1. The number of hydrogen-bond donors (Lipinski definition) is 3. The molecule has 3 aromatic rings. The summed E-state index contributed by atoms with van der Waals surface area (Å²) in [5, 5.41) is 18.5. The molecule has 4 rings (SSSR count). The number of phenolic OH excluding ortho intramolecular Hbond substituents is 1. The van der Waals surface area contributed by atoms with E-state index >= 15 is 0 Å². The van der Waals surface area contributed by atoms with Crippen molar-refractivity contribution in [2.45, 2.75) is 38.1 Å². The number of ether oxygens (including phenoxy) is 1. The quantitative estimate of drug-likeness (QED) is 0.410. The van der Waals surface area contributed by atoms with Crippen LogP contribution in [0.15, 0.2) is 54.6 Å². The van der Waals surface area contributed by atoms with Gasteiger partial charge >= 0.3 is 0 Å². The monoisotopic (exact) mass is 495 g/mol. The minimum atomic E-state index is -0.563. The zero-order valence-corrected chi connectivity index (χ0v) is 20.4. The first-order valence-corrected chi connectivity index (χ1v) is 11.9. The Balaban J connectivity index is 0.000000261. The maximum atomic E-state index is 12.4. The molecule has 1 aliphatic rings. The molecule has 0 atom stereocenters. The highest BCUT2D eigenvalue weighted by molar-refractivity contribution is 6.32. The van der Waals surface area contributed by atoms with Crippen LogP contribution in [0.1, 0.15) is 48.0 Å². The van der Waals surface area contributed by atoms with E-state index in [-0.39, 0.29) is 28.8 Å². The topological polar surface area (TPSA) is 117 Å². The number of nitrogens with one attached hydrogen (secondary N) is 1. The molecule has 0 radical (unpaired) electrons. The van der Waals surface area contributed by atoms with Gasteiger partial charge in [0.15, 0.2) is 6.61 Å². The number of carbonyl (C=O) groups excluding carboxylic acids is 2. The van der Waals surface area contributed by atoms with Gasteiger partial charge in [-0.25, -0.2) is 0 Å². The van der Waals surface area contributed by atoms with Crippen molar-refractivity contribution < 1.29 is 19.4 Å². The fraction of sp³-hybridized carbons (Fsp3) is 0.296. The van der Waals surface area contributed by atoms with E-state index in [4.69, 9.17) is 32.6 Å². The summed E-state index contributed by atoms with van der Waals surface area (Å²) in [5.74, 6) is 0.104. The number of hydrogen-bond acceptors (Lipinski definition) is 5. The minimum Gasteiger partial charge on any atom is -0.506 e. The van der Waals surface area contributed by atoms with Crippen LogP contribution in [0.5, 0.6) is 11.5 Å². The van der Waals surface area contributed by atoms with Gasteiger partial charge in [-0.3, -0.25) is 9.59 Å². The largest absolute Gasteiger partial charge is 0.506 e. The van der Waals surface area contributed by atoms with Gasteiger partial charge in [0.25, 0.3) is 5.91 Å². The molecule has 0 aromatic heterocycles. The number of aromatic hydroxyl groups is 1. The van der Waals surface area contributed by atoms with E-state index in [1.807, 2.05) is 48.3 Å². The van der Waals surface area contributed by atoms with E-state index in [1.54, 1.807) is 0 Å². The molecule has 3 aromatic carbocycles. The van der Waals surface area contributed by atoms with Crippen LogP contribution in [0.2, 0.25) is 5.02 Å².